The number of hydrogen-bond acceptors (Lipinski definition) is 3. The highest BCUT2D eigenvalue weighted by Gasteiger charge is 2.38. The van der Waals surface area contributed by atoms with E-state index in [1.807, 2.05) is 0 Å². The number of fused-ring (bicyclic) bond motifs is 1. The zero-order valence-corrected chi connectivity index (χ0v) is 11.3. The van der Waals surface area contributed by atoms with Gasteiger partial charge in [0.25, 0.3) is 0 Å². The van der Waals surface area contributed by atoms with Gasteiger partial charge in [0.05, 0.1) is 4.90 Å². The first-order chi connectivity index (χ1) is 9.20. The number of sulfonamides is 1. The molecule has 1 aliphatic rings. The van der Waals surface area contributed by atoms with Crippen LogP contribution >= 0.6 is 0 Å². The second-order valence-corrected chi connectivity index (χ2v) is 6.46. The molecule has 2 rings (SSSR count). The Labute approximate surface area is 114 Å². The topological polar surface area (TPSA) is 66.4 Å². The first-order valence-electron chi connectivity index (χ1n) is 6.06. The Kier molecular flexibility index (Phi) is 4.08. The standard InChI is InChI=1S/C12H14F3NO3S/c13-12(14,15)11(17)7-16-20(18,19)10-5-4-8-2-1-3-9(8)6-10/h4-6,11,16-17H,1-3,7H2. The zero-order chi connectivity index (χ0) is 15.0. The molecule has 8 heteroatoms. The minimum Gasteiger partial charge on any atom is -0.382 e. The van der Waals surface area contributed by atoms with E-state index < -0.39 is 28.8 Å². The van der Waals surface area contributed by atoms with Crippen LogP contribution < -0.4 is 4.72 Å². The second kappa shape index (κ2) is 5.34. The molecule has 0 spiro atoms. The Morgan fingerprint density at radius 2 is 1.90 bits per heavy atom. The van der Waals surface area contributed by atoms with Crippen LogP contribution in [0.4, 0.5) is 13.2 Å². The van der Waals surface area contributed by atoms with Crippen molar-refractivity contribution in [2.45, 2.75) is 36.4 Å². The SMILES string of the molecule is O=S(=O)(NCC(O)C(F)(F)F)c1ccc2c(c1)CCC2. The minimum atomic E-state index is -4.85. The summed E-state index contributed by atoms with van der Waals surface area (Å²) in [4.78, 5) is -0.0764. The largest absolute Gasteiger partial charge is 0.415 e. The molecule has 1 aromatic carbocycles. The molecule has 2 N–H and O–H groups in total. The van der Waals surface area contributed by atoms with Crippen molar-refractivity contribution in [3.63, 3.8) is 0 Å². The summed E-state index contributed by atoms with van der Waals surface area (Å²) in [5, 5.41) is 8.80. The summed E-state index contributed by atoms with van der Waals surface area (Å²) in [7, 11) is -4.05. The zero-order valence-electron chi connectivity index (χ0n) is 10.4. The summed E-state index contributed by atoms with van der Waals surface area (Å²) in [6.45, 7) is -1.09. The molecule has 0 aliphatic heterocycles. The number of aliphatic hydroxyl groups is 1. The van der Waals surface area contributed by atoms with Crippen LogP contribution in [0.25, 0.3) is 0 Å². The number of benzene rings is 1. The highest BCUT2D eigenvalue weighted by atomic mass is 32.2. The van der Waals surface area contributed by atoms with E-state index in [2.05, 4.69) is 0 Å². The van der Waals surface area contributed by atoms with Crippen molar-refractivity contribution in [3.8, 4) is 0 Å². The van der Waals surface area contributed by atoms with E-state index in [-0.39, 0.29) is 4.90 Å². The number of halogens is 3. The van der Waals surface area contributed by atoms with Gasteiger partial charge in [-0.15, -0.1) is 0 Å². The Hall–Kier alpha value is -1.12. The van der Waals surface area contributed by atoms with Gasteiger partial charge >= 0.3 is 6.18 Å². The van der Waals surface area contributed by atoms with Gasteiger partial charge in [0.2, 0.25) is 10.0 Å². The summed E-state index contributed by atoms with van der Waals surface area (Å²) in [6.07, 6.45) is -4.97. The average molecular weight is 309 g/mol. The Bertz CT molecular complexity index is 598. The van der Waals surface area contributed by atoms with E-state index in [4.69, 9.17) is 5.11 Å². The fourth-order valence-electron chi connectivity index (χ4n) is 2.10. The molecule has 4 nitrogen and oxygen atoms in total. The Morgan fingerprint density at radius 3 is 2.55 bits per heavy atom. The van der Waals surface area contributed by atoms with Gasteiger partial charge in [0.1, 0.15) is 0 Å². The van der Waals surface area contributed by atoms with Gasteiger partial charge in [0, 0.05) is 6.54 Å². The number of nitrogens with one attached hydrogen (secondary N) is 1. The second-order valence-electron chi connectivity index (χ2n) is 4.69. The molecule has 0 saturated heterocycles. The van der Waals surface area contributed by atoms with E-state index in [1.54, 1.807) is 10.8 Å². The highest BCUT2D eigenvalue weighted by molar-refractivity contribution is 7.89. The van der Waals surface area contributed by atoms with Gasteiger partial charge in [-0.2, -0.15) is 13.2 Å². The first kappa shape index (κ1) is 15.3. The molecule has 1 aromatic rings. The van der Waals surface area contributed by atoms with E-state index in [0.717, 1.165) is 30.4 Å². The molecular weight excluding hydrogens is 295 g/mol. The van der Waals surface area contributed by atoms with Crippen LogP contribution in [0.3, 0.4) is 0 Å². The monoisotopic (exact) mass is 309 g/mol. The van der Waals surface area contributed by atoms with Crippen molar-refractivity contribution < 1.29 is 26.7 Å². The molecule has 0 bridgehead atoms. The normalized spacial score (nSPS) is 17.0. The molecular formula is C12H14F3NO3S. The van der Waals surface area contributed by atoms with E-state index in [0.29, 0.717) is 0 Å². The summed E-state index contributed by atoms with van der Waals surface area (Å²) in [5.74, 6) is 0. The number of hydrogen-bond donors (Lipinski definition) is 2. The molecule has 20 heavy (non-hydrogen) atoms. The van der Waals surface area contributed by atoms with Crippen molar-refractivity contribution in [2.24, 2.45) is 0 Å². The number of aliphatic hydroxyl groups excluding tert-OH is 1. The Morgan fingerprint density at radius 1 is 1.25 bits per heavy atom. The molecule has 112 valence electrons. The third-order valence-corrected chi connectivity index (χ3v) is 4.65. The van der Waals surface area contributed by atoms with Gasteiger partial charge < -0.3 is 5.11 Å². The van der Waals surface area contributed by atoms with Crippen molar-refractivity contribution in [2.75, 3.05) is 6.54 Å². The molecule has 0 saturated carbocycles. The van der Waals surface area contributed by atoms with E-state index >= 15 is 0 Å². The lowest BCUT2D eigenvalue weighted by Gasteiger charge is -2.15. The summed E-state index contributed by atoms with van der Waals surface area (Å²) in [6, 6.07) is 4.52. The molecule has 0 aromatic heterocycles. The van der Waals surface area contributed by atoms with Crippen molar-refractivity contribution in [1.82, 2.24) is 4.72 Å². The van der Waals surface area contributed by atoms with Crippen LogP contribution in [0.2, 0.25) is 0 Å². The predicted molar refractivity (Wildman–Crippen MR) is 65.7 cm³/mol. The summed E-state index contributed by atoms with van der Waals surface area (Å²) in [5.41, 5.74) is 1.98. The van der Waals surface area contributed by atoms with Crippen LogP contribution in [0.15, 0.2) is 23.1 Å². The number of aryl methyl sites for hydroxylation is 2. The average Bonchev–Trinajstić information content (AvgIpc) is 2.81. The maximum absolute atomic E-state index is 12.1. The molecule has 0 amide bonds. The molecule has 0 fully saturated rings. The van der Waals surface area contributed by atoms with Gasteiger partial charge in [-0.1, -0.05) is 6.07 Å². The fraction of sp³-hybridized carbons (Fsp3) is 0.500. The highest BCUT2D eigenvalue weighted by Crippen LogP contribution is 2.25. The van der Waals surface area contributed by atoms with Crippen molar-refractivity contribution >= 4 is 10.0 Å². The molecule has 0 radical (unpaired) electrons. The van der Waals surface area contributed by atoms with Crippen LogP contribution in [-0.2, 0) is 22.9 Å². The quantitative estimate of drug-likeness (QED) is 0.883. The predicted octanol–water partition coefficient (Wildman–Crippen LogP) is 1.38. The van der Waals surface area contributed by atoms with Gasteiger partial charge in [0.15, 0.2) is 6.10 Å². The van der Waals surface area contributed by atoms with Crippen LogP contribution in [0.1, 0.15) is 17.5 Å². The van der Waals surface area contributed by atoms with Crippen LogP contribution in [0, 0.1) is 0 Å². The smallest absolute Gasteiger partial charge is 0.382 e. The van der Waals surface area contributed by atoms with Crippen molar-refractivity contribution in [1.29, 1.82) is 0 Å². The summed E-state index contributed by atoms with van der Waals surface area (Å²) >= 11 is 0. The molecule has 0 heterocycles. The maximum Gasteiger partial charge on any atom is 0.415 e. The van der Waals surface area contributed by atoms with Crippen LogP contribution in [0.5, 0.6) is 0 Å². The van der Waals surface area contributed by atoms with Gasteiger partial charge in [-0.25, -0.2) is 13.1 Å². The third kappa shape index (κ3) is 3.31. The lowest BCUT2D eigenvalue weighted by Crippen LogP contribution is -2.40. The van der Waals surface area contributed by atoms with Crippen molar-refractivity contribution in [3.05, 3.63) is 29.3 Å². The summed E-state index contributed by atoms with van der Waals surface area (Å²) < 4.78 is 61.9. The fourth-order valence-corrected chi connectivity index (χ4v) is 3.19. The Balaban J connectivity index is 2.11. The van der Waals surface area contributed by atoms with Gasteiger partial charge in [-0.05, 0) is 42.5 Å². The maximum atomic E-state index is 12.1. The first-order valence-corrected chi connectivity index (χ1v) is 7.55. The van der Waals surface area contributed by atoms with E-state index in [1.165, 1.54) is 12.1 Å². The molecule has 1 aliphatic carbocycles. The lowest BCUT2D eigenvalue weighted by molar-refractivity contribution is -0.200. The lowest BCUT2D eigenvalue weighted by atomic mass is 10.1. The third-order valence-electron chi connectivity index (χ3n) is 3.22. The van der Waals surface area contributed by atoms with Gasteiger partial charge in [-0.3, -0.25) is 0 Å². The van der Waals surface area contributed by atoms with Crippen LogP contribution in [-0.4, -0.2) is 32.3 Å². The number of rotatable bonds is 4. The van der Waals surface area contributed by atoms with E-state index in [9.17, 15) is 21.6 Å². The molecule has 1 unspecified atom stereocenters. The number of alkyl halides is 3. The molecule has 1 atom stereocenters. The minimum absolute atomic E-state index is 0.0764.